The molecule has 2 heterocycles. The normalized spacial score (nSPS) is 15.8. The Balaban J connectivity index is 1.36. The van der Waals surface area contributed by atoms with Crippen LogP contribution in [0.1, 0.15) is 31.7 Å². The maximum atomic E-state index is 13.1. The van der Waals surface area contributed by atoms with Crippen LogP contribution in [0.5, 0.6) is 0 Å². The molecule has 0 unspecified atom stereocenters. The Kier molecular flexibility index (Phi) is 6.21. The predicted molar refractivity (Wildman–Crippen MR) is 122 cm³/mol. The first-order valence-corrected chi connectivity index (χ1v) is 12.2. The lowest BCUT2D eigenvalue weighted by Gasteiger charge is -2.31. The zero-order valence-electron chi connectivity index (χ0n) is 18.2. The fourth-order valence-corrected chi connectivity index (χ4v) is 5.56. The van der Waals surface area contributed by atoms with Crippen molar-refractivity contribution >= 4 is 32.7 Å². The summed E-state index contributed by atoms with van der Waals surface area (Å²) in [6.45, 7) is 2.78. The van der Waals surface area contributed by atoms with Crippen LogP contribution in [0.2, 0.25) is 0 Å². The number of hydrogen-bond acceptors (Lipinski definition) is 5. The molecule has 1 N–H and O–H groups in total. The summed E-state index contributed by atoms with van der Waals surface area (Å²) in [5, 5.41) is 2.92. The molecule has 1 fully saturated rings. The van der Waals surface area contributed by atoms with Gasteiger partial charge in [0.05, 0.1) is 10.4 Å². The highest BCUT2D eigenvalue weighted by atomic mass is 32.2. The molecule has 1 aromatic heterocycles. The van der Waals surface area contributed by atoms with Gasteiger partial charge in [0.2, 0.25) is 15.9 Å². The second kappa shape index (κ2) is 8.91. The molecule has 0 saturated carbocycles. The molecular weight excluding hydrogens is 430 g/mol. The van der Waals surface area contributed by atoms with Crippen LogP contribution in [-0.4, -0.2) is 36.3 Å². The maximum Gasteiger partial charge on any atom is 0.419 e. The number of nitrogens with zero attached hydrogens (tertiary/aromatic N) is 2. The summed E-state index contributed by atoms with van der Waals surface area (Å²) in [7, 11) is -2.13. The number of carbonyl (C=O) groups excluding carboxylic acids is 1. The van der Waals surface area contributed by atoms with Crippen molar-refractivity contribution in [1.82, 2.24) is 8.87 Å². The molecule has 1 amide bonds. The molecule has 3 aromatic rings. The summed E-state index contributed by atoms with van der Waals surface area (Å²) < 4.78 is 34.0. The number of sulfonamides is 1. The zero-order valence-corrected chi connectivity index (χ0v) is 19.0. The zero-order chi connectivity index (χ0) is 22.9. The summed E-state index contributed by atoms with van der Waals surface area (Å²) in [5.41, 5.74) is 2.78. The van der Waals surface area contributed by atoms with Gasteiger partial charge in [-0.2, -0.15) is 4.31 Å². The van der Waals surface area contributed by atoms with E-state index >= 15 is 0 Å². The SMILES string of the molecule is CCc1ccc(NC(=O)CC2CCN(S(=O)(=O)c3ccc4c(c3)oc(=O)n4C)CC2)cc1. The number of rotatable bonds is 6. The van der Waals surface area contributed by atoms with Gasteiger partial charge < -0.3 is 9.73 Å². The standard InChI is InChI=1S/C23H27N3O5S/c1-3-16-4-6-18(7-5-16)24-22(27)14-17-10-12-26(13-11-17)32(29,30)19-8-9-20-21(15-19)31-23(28)25(20)2/h4-9,15,17H,3,10-14H2,1-2H3,(H,24,27). The number of amides is 1. The number of benzene rings is 2. The third-order valence-corrected chi connectivity index (χ3v) is 7.99. The van der Waals surface area contributed by atoms with Gasteiger partial charge in [0.15, 0.2) is 5.58 Å². The summed E-state index contributed by atoms with van der Waals surface area (Å²) in [6.07, 6.45) is 2.54. The Hall–Kier alpha value is -2.91. The van der Waals surface area contributed by atoms with Crippen molar-refractivity contribution in [2.45, 2.75) is 37.5 Å². The van der Waals surface area contributed by atoms with E-state index < -0.39 is 15.8 Å². The first-order chi connectivity index (χ1) is 15.3. The smallest absolute Gasteiger partial charge is 0.408 e. The predicted octanol–water partition coefficient (Wildman–Crippen LogP) is 3.12. The van der Waals surface area contributed by atoms with E-state index in [2.05, 4.69) is 12.2 Å². The molecule has 1 aliphatic rings. The lowest BCUT2D eigenvalue weighted by Crippen LogP contribution is -2.39. The van der Waals surface area contributed by atoms with Gasteiger partial charge in [0, 0.05) is 38.3 Å². The second-order valence-corrected chi connectivity index (χ2v) is 10.1. The molecule has 8 nitrogen and oxygen atoms in total. The van der Waals surface area contributed by atoms with Crippen LogP contribution in [0, 0.1) is 5.92 Å². The molecule has 0 spiro atoms. The second-order valence-electron chi connectivity index (χ2n) is 8.21. The average molecular weight is 458 g/mol. The summed E-state index contributed by atoms with van der Waals surface area (Å²) in [5.74, 6) is -0.457. The van der Waals surface area contributed by atoms with E-state index in [0.29, 0.717) is 37.9 Å². The van der Waals surface area contributed by atoms with Crippen LogP contribution in [0.25, 0.3) is 11.1 Å². The molecule has 1 saturated heterocycles. The highest BCUT2D eigenvalue weighted by Gasteiger charge is 2.30. The fraction of sp³-hybridized carbons (Fsp3) is 0.391. The quantitative estimate of drug-likeness (QED) is 0.613. The summed E-state index contributed by atoms with van der Waals surface area (Å²) in [4.78, 5) is 24.2. The topological polar surface area (TPSA) is 102 Å². The number of piperidine rings is 1. The van der Waals surface area contributed by atoms with Crippen LogP contribution >= 0.6 is 0 Å². The van der Waals surface area contributed by atoms with Crippen LogP contribution in [0.3, 0.4) is 0 Å². The van der Waals surface area contributed by atoms with Crippen molar-refractivity contribution in [3.8, 4) is 0 Å². The number of fused-ring (bicyclic) bond motifs is 1. The van der Waals surface area contributed by atoms with Crippen molar-refractivity contribution < 1.29 is 17.6 Å². The molecule has 0 aliphatic carbocycles. The van der Waals surface area contributed by atoms with E-state index in [1.165, 1.54) is 26.6 Å². The van der Waals surface area contributed by atoms with Crippen LogP contribution < -0.4 is 11.1 Å². The van der Waals surface area contributed by atoms with E-state index in [9.17, 15) is 18.0 Å². The highest BCUT2D eigenvalue weighted by Crippen LogP contribution is 2.27. The van der Waals surface area contributed by atoms with E-state index in [-0.39, 0.29) is 22.3 Å². The highest BCUT2D eigenvalue weighted by molar-refractivity contribution is 7.89. The van der Waals surface area contributed by atoms with Gasteiger partial charge in [-0.05, 0) is 55.0 Å². The minimum atomic E-state index is -3.70. The maximum absolute atomic E-state index is 13.1. The average Bonchev–Trinajstić information content (AvgIpc) is 3.07. The third-order valence-electron chi connectivity index (χ3n) is 6.10. The Morgan fingerprint density at radius 1 is 1.12 bits per heavy atom. The number of carbonyl (C=O) groups is 1. The van der Waals surface area contributed by atoms with Gasteiger partial charge in [-0.3, -0.25) is 9.36 Å². The Bertz CT molecular complexity index is 1280. The van der Waals surface area contributed by atoms with Gasteiger partial charge in [-0.15, -0.1) is 0 Å². The molecule has 0 radical (unpaired) electrons. The Morgan fingerprint density at radius 3 is 2.47 bits per heavy atom. The first-order valence-electron chi connectivity index (χ1n) is 10.8. The van der Waals surface area contributed by atoms with Crippen molar-refractivity contribution in [3.05, 3.63) is 58.6 Å². The van der Waals surface area contributed by atoms with Crippen molar-refractivity contribution in [2.24, 2.45) is 13.0 Å². The molecule has 32 heavy (non-hydrogen) atoms. The van der Waals surface area contributed by atoms with Gasteiger partial charge in [0.1, 0.15) is 0 Å². The molecule has 170 valence electrons. The number of anilines is 1. The molecule has 9 heteroatoms. The van der Waals surface area contributed by atoms with Crippen molar-refractivity contribution in [3.63, 3.8) is 0 Å². The third kappa shape index (κ3) is 4.49. The minimum absolute atomic E-state index is 0.0555. The number of oxazole rings is 1. The molecular formula is C23H27N3O5S. The number of hydrogen-bond donors (Lipinski definition) is 1. The van der Waals surface area contributed by atoms with Crippen LogP contribution in [0.15, 0.2) is 56.6 Å². The lowest BCUT2D eigenvalue weighted by molar-refractivity contribution is -0.117. The first kappa shape index (κ1) is 22.3. The monoisotopic (exact) mass is 457 g/mol. The number of aryl methyl sites for hydroxylation is 2. The molecule has 1 aliphatic heterocycles. The number of aromatic nitrogens is 1. The van der Waals surface area contributed by atoms with Gasteiger partial charge in [0.25, 0.3) is 0 Å². The molecule has 0 bridgehead atoms. The van der Waals surface area contributed by atoms with E-state index in [4.69, 9.17) is 4.42 Å². The van der Waals surface area contributed by atoms with Gasteiger partial charge in [-0.1, -0.05) is 19.1 Å². The van der Waals surface area contributed by atoms with Crippen molar-refractivity contribution in [1.29, 1.82) is 0 Å². The van der Waals surface area contributed by atoms with Crippen LogP contribution in [-0.2, 0) is 28.3 Å². The Labute approximate surface area is 186 Å². The van der Waals surface area contributed by atoms with Crippen LogP contribution in [0.4, 0.5) is 5.69 Å². The molecule has 0 atom stereocenters. The van der Waals surface area contributed by atoms with Gasteiger partial charge >= 0.3 is 5.76 Å². The Morgan fingerprint density at radius 2 is 1.81 bits per heavy atom. The molecule has 2 aromatic carbocycles. The summed E-state index contributed by atoms with van der Waals surface area (Å²) >= 11 is 0. The number of nitrogens with one attached hydrogen (secondary N) is 1. The lowest BCUT2D eigenvalue weighted by atomic mass is 9.94. The minimum Gasteiger partial charge on any atom is -0.408 e. The van der Waals surface area contributed by atoms with Crippen molar-refractivity contribution in [2.75, 3.05) is 18.4 Å². The van der Waals surface area contributed by atoms with E-state index in [0.717, 1.165) is 12.1 Å². The molecule has 4 rings (SSSR count). The van der Waals surface area contributed by atoms with Gasteiger partial charge in [-0.25, -0.2) is 13.2 Å². The largest absolute Gasteiger partial charge is 0.419 e. The van der Waals surface area contributed by atoms with E-state index in [1.54, 1.807) is 13.1 Å². The van der Waals surface area contributed by atoms with E-state index in [1.807, 2.05) is 24.3 Å². The summed E-state index contributed by atoms with van der Waals surface area (Å²) in [6, 6.07) is 12.3. The fourth-order valence-electron chi connectivity index (χ4n) is 4.08.